The van der Waals surface area contributed by atoms with Gasteiger partial charge in [0.05, 0.1) is 0 Å². The summed E-state index contributed by atoms with van der Waals surface area (Å²) in [5.74, 6) is -1.42. The van der Waals surface area contributed by atoms with E-state index in [-0.39, 0.29) is 17.8 Å². The largest absolute Gasteiger partial charge is 0.482 e. The number of nitrogens with one attached hydrogen (secondary N) is 2. The van der Waals surface area contributed by atoms with Gasteiger partial charge in [-0.25, -0.2) is 0 Å². The molecular weight excluding hydrogens is 266 g/mol. The molecule has 110 valence electrons. The van der Waals surface area contributed by atoms with Crippen molar-refractivity contribution in [3.8, 4) is 5.75 Å². The van der Waals surface area contributed by atoms with Crippen LogP contribution in [0.15, 0.2) is 30.3 Å². The van der Waals surface area contributed by atoms with Crippen molar-refractivity contribution in [1.82, 2.24) is 10.6 Å². The molecule has 0 aromatic heterocycles. The minimum Gasteiger partial charge on any atom is -0.425 e. The Morgan fingerprint density at radius 3 is 2.75 bits per heavy atom. The Morgan fingerprint density at radius 2 is 2.10 bits per heavy atom. The van der Waals surface area contributed by atoms with Crippen molar-refractivity contribution in [1.29, 1.82) is 0 Å². The number of carbonyl (C=O) groups is 1. The van der Waals surface area contributed by atoms with Crippen LogP contribution in [0.4, 0.5) is 8.78 Å². The third-order valence-corrected chi connectivity index (χ3v) is 3.21. The van der Waals surface area contributed by atoms with Gasteiger partial charge in [-0.2, -0.15) is 8.78 Å². The molecule has 1 heterocycles. The summed E-state index contributed by atoms with van der Waals surface area (Å²) in [7, 11) is 0. The Hall–Kier alpha value is -1.69. The molecule has 1 aliphatic rings. The highest BCUT2D eigenvalue weighted by Crippen LogP contribution is 2.22. The van der Waals surface area contributed by atoms with Crippen LogP contribution in [0.25, 0.3) is 0 Å². The number of benzene rings is 1. The zero-order chi connectivity index (χ0) is 14.6. The van der Waals surface area contributed by atoms with Gasteiger partial charge in [0.25, 0.3) is 0 Å². The maximum atomic E-state index is 13.7. The lowest BCUT2D eigenvalue weighted by atomic mass is 10.0. The maximum Gasteiger partial charge on any atom is 0.482 e. The summed E-state index contributed by atoms with van der Waals surface area (Å²) in [4.78, 5) is 11.6. The average Bonchev–Trinajstić information content (AvgIpc) is 2.39. The zero-order valence-corrected chi connectivity index (χ0v) is 11.2. The van der Waals surface area contributed by atoms with E-state index in [9.17, 15) is 13.6 Å². The predicted molar refractivity (Wildman–Crippen MR) is 70.6 cm³/mol. The quantitative estimate of drug-likeness (QED) is 0.888. The molecule has 0 aliphatic carbocycles. The van der Waals surface area contributed by atoms with Gasteiger partial charge < -0.3 is 15.4 Å². The van der Waals surface area contributed by atoms with Gasteiger partial charge >= 0.3 is 12.0 Å². The first kappa shape index (κ1) is 14.7. The van der Waals surface area contributed by atoms with Crippen LogP contribution in [0.3, 0.4) is 0 Å². The van der Waals surface area contributed by atoms with Crippen molar-refractivity contribution >= 4 is 5.91 Å². The van der Waals surface area contributed by atoms with Gasteiger partial charge in [0.1, 0.15) is 5.75 Å². The molecule has 0 bridgehead atoms. The number of halogens is 2. The van der Waals surface area contributed by atoms with Crippen molar-refractivity contribution in [3.05, 3.63) is 30.3 Å². The first-order valence-electron chi connectivity index (χ1n) is 6.63. The predicted octanol–water partition coefficient (Wildman–Crippen LogP) is 1.91. The van der Waals surface area contributed by atoms with E-state index >= 15 is 0 Å². The molecule has 20 heavy (non-hydrogen) atoms. The molecule has 1 saturated heterocycles. The van der Waals surface area contributed by atoms with E-state index in [2.05, 4.69) is 15.4 Å². The van der Waals surface area contributed by atoms with Crippen LogP contribution in [-0.2, 0) is 4.79 Å². The van der Waals surface area contributed by atoms with E-state index in [1.165, 1.54) is 12.1 Å². The Kier molecular flexibility index (Phi) is 4.54. The summed E-state index contributed by atoms with van der Waals surface area (Å²) < 4.78 is 31.9. The number of alkyl halides is 2. The average molecular weight is 284 g/mol. The molecule has 2 atom stereocenters. The van der Waals surface area contributed by atoms with Crippen molar-refractivity contribution in [2.45, 2.75) is 38.0 Å². The molecular formula is C14H18F2N2O2. The number of para-hydroxylation sites is 1. The summed E-state index contributed by atoms with van der Waals surface area (Å²) in [5.41, 5.74) is 0. The van der Waals surface area contributed by atoms with Crippen LogP contribution in [0.1, 0.15) is 19.8 Å². The highest BCUT2D eigenvalue weighted by Gasteiger charge is 2.43. The molecule has 2 N–H and O–H groups in total. The lowest BCUT2D eigenvalue weighted by Gasteiger charge is -2.29. The smallest absolute Gasteiger partial charge is 0.425 e. The number of carbonyl (C=O) groups excluding carboxylic acids is 1. The molecule has 0 saturated carbocycles. The van der Waals surface area contributed by atoms with Crippen LogP contribution in [-0.4, -0.2) is 30.6 Å². The Morgan fingerprint density at radius 1 is 1.40 bits per heavy atom. The summed E-state index contributed by atoms with van der Waals surface area (Å²) in [6, 6.07) is 7.54. The van der Waals surface area contributed by atoms with Crippen molar-refractivity contribution in [3.63, 3.8) is 0 Å². The van der Waals surface area contributed by atoms with Gasteiger partial charge in [0, 0.05) is 12.1 Å². The van der Waals surface area contributed by atoms with Gasteiger partial charge in [0.2, 0.25) is 0 Å². The molecule has 0 radical (unpaired) electrons. The van der Waals surface area contributed by atoms with Crippen molar-refractivity contribution in [2.75, 3.05) is 6.54 Å². The molecule has 0 spiro atoms. The zero-order valence-electron chi connectivity index (χ0n) is 11.2. The second-order valence-corrected chi connectivity index (χ2v) is 4.98. The van der Waals surface area contributed by atoms with E-state index in [0.29, 0.717) is 19.4 Å². The van der Waals surface area contributed by atoms with Gasteiger partial charge in [0.15, 0.2) is 0 Å². The molecule has 4 nitrogen and oxygen atoms in total. The number of rotatable bonds is 4. The Bertz CT molecular complexity index is 454. The summed E-state index contributed by atoms with van der Waals surface area (Å²) in [6.07, 6.45) is -2.60. The number of hydrogen-bond donors (Lipinski definition) is 2. The monoisotopic (exact) mass is 284 g/mol. The van der Waals surface area contributed by atoms with Crippen LogP contribution in [0.2, 0.25) is 0 Å². The number of amides is 1. The molecule has 1 aromatic rings. The molecule has 1 fully saturated rings. The van der Waals surface area contributed by atoms with Crippen LogP contribution in [0, 0.1) is 0 Å². The van der Waals surface area contributed by atoms with Gasteiger partial charge in [-0.3, -0.25) is 4.79 Å². The molecule has 6 heteroatoms. The highest BCUT2D eigenvalue weighted by atomic mass is 19.3. The minimum absolute atomic E-state index is 0.0358. The molecule has 0 unspecified atom stereocenters. The van der Waals surface area contributed by atoms with Gasteiger partial charge in [-0.05, 0) is 38.4 Å². The SMILES string of the molecule is C[C@@H]1C[C@@H](NC(=O)C(F)(F)Oc2ccccc2)CCN1. The molecule has 2 rings (SSSR count). The van der Waals surface area contributed by atoms with Crippen LogP contribution >= 0.6 is 0 Å². The third kappa shape index (κ3) is 3.90. The van der Waals surface area contributed by atoms with Crippen molar-refractivity contribution in [2.24, 2.45) is 0 Å². The van der Waals surface area contributed by atoms with E-state index in [4.69, 9.17) is 0 Å². The maximum absolute atomic E-state index is 13.7. The minimum atomic E-state index is -3.87. The second-order valence-electron chi connectivity index (χ2n) is 4.98. The Labute approximate surface area is 116 Å². The van der Waals surface area contributed by atoms with Gasteiger partial charge in [-0.1, -0.05) is 18.2 Å². The highest BCUT2D eigenvalue weighted by molar-refractivity contribution is 5.82. The van der Waals surface area contributed by atoms with E-state index in [1.807, 2.05) is 6.92 Å². The summed E-state index contributed by atoms with van der Waals surface area (Å²) in [6.45, 7) is 2.66. The van der Waals surface area contributed by atoms with E-state index < -0.39 is 12.0 Å². The van der Waals surface area contributed by atoms with E-state index in [0.717, 1.165) is 0 Å². The lowest BCUT2D eigenvalue weighted by molar-refractivity contribution is -0.193. The third-order valence-electron chi connectivity index (χ3n) is 3.21. The molecule has 1 aliphatic heterocycles. The summed E-state index contributed by atoms with van der Waals surface area (Å²) >= 11 is 0. The first-order valence-corrected chi connectivity index (χ1v) is 6.63. The fourth-order valence-electron chi connectivity index (χ4n) is 2.22. The van der Waals surface area contributed by atoms with Gasteiger partial charge in [-0.15, -0.1) is 0 Å². The number of hydrogen-bond acceptors (Lipinski definition) is 3. The van der Waals surface area contributed by atoms with Crippen LogP contribution in [0.5, 0.6) is 5.75 Å². The summed E-state index contributed by atoms with van der Waals surface area (Å²) in [5, 5.41) is 5.55. The second kappa shape index (κ2) is 6.17. The fourth-order valence-corrected chi connectivity index (χ4v) is 2.22. The van der Waals surface area contributed by atoms with E-state index in [1.54, 1.807) is 18.2 Å². The number of piperidine rings is 1. The van der Waals surface area contributed by atoms with Crippen molar-refractivity contribution < 1.29 is 18.3 Å². The standard InChI is InChI=1S/C14H18F2N2O2/c1-10-9-11(7-8-17-10)18-13(19)14(15,16)20-12-5-3-2-4-6-12/h2-6,10-11,17H,7-9H2,1H3,(H,18,19)/t10-,11+/m1/s1. The topological polar surface area (TPSA) is 50.4 Å². The fraction of sp³-hybridized carbons (Fsp3) is 0.500. The molecule has 1 amide bonds. The normalized spacial score (nSPS) is 23.1. The number of ether oxygens (including phenoxy) is 1. The lowest BCUT2D eigenvalue weighted by Crippen LogP contribution is -2.52. The first-order chi connectivity index (χ1) is 9.47. The van der Waals surface area contributed by atoms with Crippen LogP contribution < -0.4 is 15.4 Å². The Balaban J connectivity index is 1.93. The molecule has 1 aromatic carbocycles.